The Balaban J connectivity index is 2.94. The van der Waals surface area contributed by atoms with E-state index in [4.69, 9.17) is 9.47 Å². The third-order valence-electron chi connectivity index (χ3n) is 2.72. The molecule has 5 heteroatoms. The van der Waals surface area contributed by atoms with Crippen LogP contribution in [0.3, 0.4) is 0 Å². The number of carbonyl (C=O) groups excluding carboxylic acids is 1. The van der Waals surface area contributed by atoms with Crippen LogP contribution in [0.1, 0.15) is 27.7 Å². The van der Waals surface area contributed by atoms with E-state index < -0.39 is 0 Å². The number of thiol groups is 1. The van der Waals surface area contributed by atoms with Gasteiger partial charge in [0.05, 0.1) is 24.2 Å². The summed E-state index contributed by atoms with van der Waals surface area (Å²) >= 11 is 4.32. The monoisotopic (exact) mass is 297 g/mol. The average Bonchev–Trinajstić information content (AvgIpc) is 2.41. The number of hydrogen-bond donors (Lipinski definition) is 2. The first kappa shape index (κ1) is 16.7. The lowest BCUT2D eigenvalue weighted by atomic mass is 10.1. The van der Waals surface area contributed by atoms with Gasteiger partial charge in [-0.3, -0.25) is 4.79 Å². The van der Waals surface area contributed by atoms with Gasteiger partial charge in [-0.05, 0) is 31.9 Å². The van der Waals surface area contributed by atoms with Crippen molar-refractivity contribution in [2.24, 2.45) is 5.92 Å². The summed E-state index contributed by atoms with van der Waals surface area (Å²) in [4.78, 5) is 12.1. The first-order chi connectivity index (χ1) is 9.49. The minimum atomic E-state index is -0.361. The van der Waals surface area contributed by atoms with Crippen LogP contribution in [0.25, 0.3) is 0 Å². The van der Waals surface area contributed by atoms with E-state index in [1.165, 1.54) is 0 Å². The second-order valence-electron chi connectivity index (χ2n) is 4.70. The topological polar surface area (TPSA) is 47.6 Å². The number of amides is 1. The second kappa shape index (κ2) is 8.04. The molecule has 1 aromatic rings. The van der Waals surface area contributed by atoms with Gasteiger partial charge in [0.15, 0.2) is 0 Å². The maximum absolute atomic E-state index is 12.1. The SMILES string of the molecule is CCOc1ccc(OCC)c(NC(=O)C(S)C(C)C)c1. The summed E-state index contributed by atoms with van der Waals surface area (Å²) in [6, 6.07) is 5.39. The molecule has 1 atom stereocenters. The first-order valence-electron chi connectivity index (χ1n) is 6.88. The number of carbonyl (C=O) groups is 1. The summed E-state index contributed by atoms with van der Waals surface area (Å²) in [6.07, 6.45) is 0. The molecule has 0 heterocycles. The standard InChI is InChI=1S/C15H23NO3S/c1-5-18-11-7-8-13(19-6-2)12(9-11)16-15(17)14(20)10(3)4/h7-10,14,20H,5-6H2,1-4H3,(H,16,17). The predicted octanol–water partition coefficient (Wildman–Crippen LogP) is 3.38. The third-order valence-corrected chi connectivity index (χ3v) is 3.55. The van der Waals surface area contributed by atoms with Gasteiger partial charge >= 0.3 is 0 Å². The summed E-state index contributed by atoms with van der Waals surface area (Å²) in [5.74, 6) is 1.35. The fourth-order valence-corrected chi connectivity index (χ4v) is 1.72. The number of nitrogens with one attached hydrogen (secondary N) is 1. The quantitative estimate of drug-likeness (QED) is 0.759. The Morgan fingerprint density at radius 3 is 2.45 bits per heavy atom. The molecular weight excluding hydrogens is 274 g/mol. The normalized spacial score (nSPS) is 12.1. The van der Waals surface area contributed by atoms with Crippen molar-refractivity contribution in [3.63, 3.8) is 0 Å². The van der Waals surface area contributed by atoms with E-state index in [-0.39, 0.29) is 17.1 Å². The Hall–Kier alpha value is -1.36. The molecule has 4 nitrogen and oxygen atoms in total. The van der Waals surface area contributed by atoms with E-state index in [1.54, 1.807) is 12.1 Å². The van der Waals surface area contributed by atoms with Crippen LogP contribution in [-0.2, 0) is 4.79 Å². The van der Waals surface area contributed by atoms with Gasteiger partial charge in [-0.1, -0.05) is 13.8 Å². The van der Waals surface area contributed by atoms with Crippen LogP contribution < -0.4 is 14.8 Å². The van der Waals surface area contributed by atoms with Crippen molar-refractivity contribution in [3.05, 3.63) is 18.2 Å². The van der Waals surface area contributed by atoms with E-state index in [2.05, 4.69) is 17.9 Å². The first-order valence-corrected chi connectivity index (χ1v) is 7.39. The molecule has 0 saturated carbocycles. The summed E-state index contributed by atoms with van der Waals surface area (Å²) in [6.45, 7) is 8.83. The highest BCUT2D eigenvalue weighted by atomic mass is 32.1. The molecule has 1 amide bonds. The molecule has 0 saturated heterocycles. The number of ether oxygens (including phenoxy) is 2. The fraction of sp³-hybridized carbons (Fsp3) is 0.533. The molecule has 1 aromatic carbocycles. The maximum Gasteiger partial charge on any atom is 0.237 e. The summed E-state index contributed by atoms with van der Waals surface area (Å²) in [5, 5.41) is 2.49. The lowest BCUT2D eigenvalue weighted by molar-refractivity contribution is -0.116. The molecule has 112 valence electrons. The lowest BCUT2D eigenvalue weighted by Crippen LogP contribution is -2.27. The van der Waals surface area contributed by atoms with Gasteiger partial charge in [-0.25, -0.2) is 0 Å². The average molecular weight is 297 g/mol. The number of benzene rings is 1. The van der Waals surface area contributed by atoms with Crippen LogP contribution in [0.2, 0.25) is 0 Å². The van der Waals surface area contributed by atoms with E-state index in [9.17, 15) is 4.79 Å². The van der Waals surface area contributed by atoms with E-state index in [1.807, 2.05) is 33.8 Å². The van der Waals surface area contributed by atoms with Crippen molar-refractivity contribution >= 4 is 24.2 Å². The van der Waals surface area contributed by atoms with Crippen LogP contribution in [0, 0.1) is 5.92 Å². The molecule has 0 spiro atoms. The summed E-state index contributed by atoms with van der Waals surface area (Å²) in [5.41, 5.74) is 0.613. The van der Waals surface area contributed by atoms with Crippen molar-refractivity contribution in [3.8, 4) is 11.5 Å². The molecule has 0 aromatic heterocycles. The zero-order valence-electron chi connectivity index (χ0n) is 12.5. The Morgan fingerprint density at radius 2 is 1.90 bits per heavy atom. The van der Waals surface area contributed by atoms with Crippen LogP contribution in [0.4, 0.5) is 5.69 Å². The smallest absolute Gasteiger partial charge is 0.237 e. The number of hydrogen-bond acceptors (Lipinski definition) is 4. The molecule has 0 aliphatic carbocycles. The number of anilines is 1. The molecular formula is C15H23NO3S. The minimum Gasteiger partial charge on any atom is -0.494 e. The summed E-state index contributed by atoms with van der Waals surface area (Å²) in [7, 11) is 0. The third kappa shape index (κ3) is 4.63. The van der Waals surface area contributed by atoms with Gasteiger partial charge in [0.2, 0.25) is 5.91 Å². The van der Waals surface area contributed by atoms with Gasteiger partial charge in [0, 0.05) is 6.07 Å². The van der Waals surface area contributed by atoms with Crippen molar-refractivity contribution in [2.75, 3.05) is 18.5 Å². The van der Waals surface area contributed by atoms with Gasteiger partial charge in [0.25, 0.3) is 0 Å². The molecule has 1 N–H and O–H groups in total. The van der Waals surface area contributed by atoms with E-state index in [0.29, 0.717) is 30.4 Å². The van der Waals surface area contributed by atoms with Gasteiger partial charge in [0.1, 0.15) is 11.5 Å². The highest BCUT2D eigenvalue weighted by molar-refractivity contribution is 7.81. The van der Waals surface area contributed by atoms with Crippen molar-refractivity contribution in [1.82, 2.24) is 0 Å². The van der Waals surface area contributed by atoms with Crippen LogP contribution in [0.15, 0.2) is 18.2 Å². The maximum atomic E-state index is 12.1. The number of rotatable bonds is 7. The van der Waals surface area contributed by atoms with Gasteiger partial charge < -0.3 is 14.8 Å². The predicted molar refractivity (Wildman–Crippen MR) is 85.0 cm³/mol. The molecule has 0 radical (unpaired) electrons. The lowest BCUT2D eigenvalue weighted by Gasteiger charge is -2.17. The molecule has 0 bridgehead atoms. The van der Waals surface area contributed by atoms with Crippen LogP contribution in [0.5, 0.6) is 11.5 Å². The molecule has 1 unspecified atom stereocenters. The van der Waals surface area contributed by atoms with Gasteiger partial charge in [-0.15, -0.1) is 0 Å². The molecule has 0 aliphatic rings. The molecule has 0 aliphatic heterocycles. The van der Waals surface area contributed by atoms with Crippen LogP contribution in [-0.4, -0.2) is 24.4 Å². The van der Waals surface area contributed by atoms with Crippen molar-refractivity contribution < 1.29 is 14.3 Å². The Bertz CT molecular complexity index is 449. The molecule has 1 rings (SSSR count). The minimum absolute atomic E-state index is 0.141. The highest BCUT2D eigenvalue weighted by Crippen LogP contribution is 2.30. The van der Waals surface area contributed by atoms with Gasteiger partial charge in [-0.2, -0.15) is 12.6 Å². The molecule has 0 fully saturated rings. The fourth-order valence-electron chi connectivity index (χ4n) is 1.65. The zero-order valence-corrected chi connectivity index (χ0v) is 13.4. The Labute approximate surface area is 126 Å². The Kier molecular flexibility index (Phi) is 6.71. The van der Waals surface area contributed by atoms with E-state index in [0.717, 1.165) is 0 Å². The Morgan fingerprint density at radius 1 is 1.25 bits per heavy atom. The van der Waals surface area contributed by atoms with Crippen molar-refractivity contribution in [1.29, 1.82) is 0 Å². The van der Waals surface area contributed by atoms with Crippen molar-refractivity contribution in [2.45, 2.75) is 32.9 Å². The largest absolute Gasteiger partial charge is 0.494 e. The highest BCUT2D eigenvalue weighted by Gasteiger charge is 2.19. The van der Waals surface area contributed by atoms with Crippen LogP contribution >= 0.6 is 12.6 Å². The molecule has 20 heavy (non-hydrogen) atoms. The van der Waals surface area contributed by atoms with E-state index >= 15 is 0 Å². The zero-order chi connectivity index (χ0) is 15.1. The second-order valence-corrected chi connectivity index (χ2v) is 5.26. The summed E-state index contributed by atoms with van der Waals surface area (Å²) < 4.78 is 11.0.